The van der Waals surface area contributed by atoms with Crippen molar-refractivity contribution in [3.63, 3.8) is 0 Å². The van der Waals surface area contributed by atoms with Gasteiger partial charge in [-0.05, 0) is 83.2 Å². The van der Waals surface area contributed by atoms with Gasteiger partial charge >= 0.3 is 17.9 Å². The molecular weight excluding hydrogens is 1010 g/mol. The first-order chi connectivity index (χ1) is 34.1. The Labute approximate surface area is 432 Å². The third kappa shape index (κ3) is 10.4. The van der Waals surface area contributed by atoms with Gasteiger partial charge in [-0.15, -0.1) is 35.3 Å². The van der Waals surface area contributed by atoms with Gasteiger partial charge in [0.2, 0.25) is 35.4 Å². The SMILES string of the molecule is CC1(C)S[C@@H]2[C@H](NC(=O)[C@H](N)C3=CCC=CC3)C(=O)N2[C@H]1C(=O)O.CC1(C)S[C@@H]2[C@H](NC(=O)[C@H](N)c3ccc(O)cc3)C(=O)N2[C@H]1C(=O)O.CC1(C)S[C@@H]2[C@H](NC(=O)[C@H](N)c3ccccc3)C(=O)N2[C@H]1C(=O)O. The highest BCUT2D eigenvalue weighted by Crippen LogP contribution is 2.53. The number of fused-ring (bicyclic) bond motifs is 3. The molecule has 392 valence electrons. The number of aromatic hydroxyl groups is 1. The minimum atomic E-state index is -1.06. The van der Waals surface area contributed by atoms with Crippen LogP contribution >= 0.6 is 35.3 Å². The number of carbonyl (C=O) groups excluding carboxylic acids is 6. The van der Waals surface area contributed by atoms with Crippen molar-refractivity contribution in [2.45, 2.75) is 139 Å². The molecule has 0 spiro atoms. The average molecular weight is 1070 g/mol. The lowest BCUT2D eigenvalue weighted by Crippen LogP contribution is -2.71. The molecule has 6 aliphatic heterocycles. The number of phenols is 1. The van der Waals surface area contributed by atoms with Crippen LogP contribution in [0.1, 0.15) is 77.6 Å². The van der Waals surface area contributed by atoms with Crippen LogP contribution in [0.15, 0.2) is 78.4 Å². The maximum absolute atomic E-state index is 12.4. The lowest BCUT2D eigenvalue weighted by atomic mass is 9.95. The van der Waals surface area contributed by atoms with E-state index in [9.17, 15) is 63.6 Å². The van der Waals surface area contributed by atoms with Crippen molar-refractivity contribution in [3.05, 3.63) is 89.5 Å². The van der Waals surface area contributed by atoms with Crippen LogP contribution in [0.3, 0.4) is 0 Å². The molecule has 2 aromatic carbocycles. The maximum Gasteiger partial charge on any atom is 0.327 e. The van der Waals surface area contributed by atoms with E-state index in [4.69, 9.17) is 17.2 Å². The van der Waals surface area contributed by atoms with E-state index in [0.717, 1.165) is 12.0 Å². The van der Waals surface area contributed by atoms with E-state index in [-0.39, 0.29) is 28.3 Å². The van der Waals surface area contributed by atoms with Crippen LogP contribution in [0.4, 0.5) is 0 Å². The van der Waals surface area contributed by atoms with Gasteiger partial charge in [-0.1, -0.05) is 60.7 Å². The molecular formula is C48H59N9O13S3. The number of aliphatic carboxylic acids is 3. The zero-order chi connectivity index (χ0) is 53.8. The van der Waals surface area contributed by atoms with E-state index < -0.39 is 116 Å². The Balaban J connectivity index is 0.000000160. The Morgan fingerprint density at radius 2 is 0.890 bits per heavy atom. The molecule has 2 aromatic rings. The van der Waals surface area contributed by atoms with Crippen LogP contribution in [0, 0.1) is 0 Å². The summed E-state index contributed by atoms with van der Waals surface area (Å²) in [7, 11) is 0. The lowest BCUT2D eigenvalue weighted by Gasteiger charge is -2.43. The Kier molecular flexibility index (Phi) is 15.5. The number of hydrogen-bond donors (Lipinski definition) is 10. The van der Waals surface area contributed by atoms with Crippen LogP contribution in [0.25, 0.3) is 0 Å². The molecule has 73 heavy (non-hydrogen) atoms. The van der Waals surface area contributed by atoms with Gasteiger partial charge < -0.3 is 68.3 Å². The summed E-state index contributed by atoms with van der Waals surface area (Å²) in [5.41, 5.74) is 19.8. The number of carboxylic acids is 3. The average Bonchev–Trinajstić information content (AvgIpc) is 3.88. The number of nitrogens with zero attached hydrogens (tertiary/aromatic N) is 3. The Morgan fingerprint density at radius 3 is 1.22 bits per heavy atom. The van der Waals surface area contributed by atoms with Gasteiger partial charge in [0.05, 0.1) is 0 Å². The van der Waals surface area contributed by atoms with Crippen molar-refractivity contribution < 1.29 is 63.6 Å². The number of phenolic OH excluding ortho intramolecular Hbond substituents is 1. The molecule has 0 unspecified atom stereocenters. The summed E-state index contributed by atoms with van der Waals surface area (Å²) in [6.45, 7) is 10.7. The fourth-order valence-electron chi connectivity index (χ4n) is 9.85. The molecule has 6 saturated heterocycles. The Hall–Kier alpha value is -6.12. The van der Waals surface area contributed by atoms with Crippen LogP contribution in [0.2, 0.25) is 0 Å². The second kappa shape index (κ2) is 20.7. The molecule has 7 aliphatic rings. The summed E-state index contributed by atoms with van der Waals surface area (Å²) in [4.78, 5) is 112. The molecule has 6 heterocycles. The fraction of sp³-hybridized carbons (Fsp3) is 0.479. The van der Waals surface area contributed by atoms with E-state index in [0.29, 0.717) is 17.5 Å². The van der Waals surface area contributed by atoms with E-state index in [1.165, 1.54) is 74.3 Å². The number of β-lactam (4-membered cyclic amide) rings is 3. The van der Waals surface area contributed by atoms with Crippen molar-refractivity contribution in [1.82, 2.24) is 30.7 Å². The summed E-state index contributed by atoms with van der Waals surface area (Å²) < 4.78 is -1.87. The summed E-state index contributed by atoms with van der Waals surface area (Å²) in [5, 5.41) is 44.3. The van der Waals surface area contributed by atoms with E-state index in [1.54, 1.807) is 65.8 Å². The molecule has 6 amide bonds. The van der Waals surface area contributed by atoms with Gasteiger partial charge in [-0.3, -0.25) is 28.8 Å². The van der Waals surface area contributed by atoms with Crippen LogP contribution in [-0.4, -0.2) is 161 Å². The number of allylic oxidation sites excluding steroid dienone is 3. The Bertz CT molecular complexity index is 2650. The van der Waals surface area contributed by atoms with E-state index in [1.807, 2.05) is 24.3 Å². The first-order valence-corrected chi connectivity index (χ1v) is 25.8. The number of carbonyl (C=O) groups is 9. The van der Waals surface area contributed by atoms with Gasteiger partial charge in [0.25, 0.3) is 0 Å². The summed E-state index contributed by atoms with van der Waals surface area (Å²) in [6.07, 6.45) is 7.27. The minimum Gasteiger partial charge on any atom is -0.508 e. The molecule has 0 saturated carbocycles. The van der Waals surface area contributed by atoms with Gasteiger partial charge in [0, 0.05) is 14.2 Å². The monoisotopic (exact) mass is 1070 g/mol. The molecule has 9 rings (SSSR count). The van der Waals surface area contributed by atoms with E-state index >= 15 is 0 Å². The Morgan fingerprint density at radius 1 is 0.548 bits per heavy atom. The van der Waals surface area contributed by atoms with Crippen molar-refractivity contribution in [2.24, 2.45) is 17.2 Å². The van der Waals surface area contributed by atoms with Gasteiger partial charge in [0.1, 0.15) is 76.2 Å². The highest BCUT2D eigenvalue weighted by atomic mass is 32.2. The number of rotatable bonds is 12. The summed E-state index contributed by atoms with van der Waals surface area (Å²) in [5.74, 6) is -5.57. The number of benzene rings is 2. The number of nitrogens with two attached hydrogens (primary N) is 3. The van der Waals surface area contributed by atoms with E-state index in [2.05, 4.69) is 16.0 Å². The van der Waals surface area contributed by atoms with Crippen molar-refractivity contribution >= 4 is 88.6 Å². The zero-order valence-corrected chi connectivity index (χ0v) is 43.0. The predicted octanol–water partition coefficient (Wildman–Crippen LogP) is 0.564. The second-order valence-electron chi connectivity index (χ2n) is 19.9. The zero-order valence-electron chi connectivity index (χ0n) is 40.5. The second-order valence-corrected chi connectivity index (χ2v) is 25.2. The quantitative estimate of drug-likeness (QED) is 0.103. The smallest absolute Gasteiger partial charge is 0.327 e. The molecule has 0 bridgehead atoms. The van der Waals surface area contributed by atoms with Crippen molar-refractivity contribution in [2.75, 3.05) is 0 Å². The first-order valence-electron chi connectivity index (χ1n) is 23.1. The maximum atomic E-state index is 12.4. The van der Waals surface area contributed by atoms with Crippen LogP contribution in [0.5, 0.6) is 5.75 Å². The predicted molar refractivity (Wildman–Crippen MR) is 270 cm³/mol. The molecule has 13 N–H and O–H groups in total. The molecule has 0 radical (unpaired) electrons. The topological polar surface area (TPSA) is 358 Å². The number of carboxylic acid groups (broad SMARTS) is 3. The fourth-order valence-corrected chi connectivity index (χ4v) is 14.7. The number of amides is 6. The highest BCUT2D eigenvalue weighted by molar-refractivity contribution is 8.02. The minimum absolute atomic E-state index is 0.0606. The summed E-state index contributed by atoms with van der Waals surface area (Å²) >= 11 is 4.14. The normalized spacial score (nSPS) is 29.5. The van der Waals surface area contributed by atoms with Gasteiger partial charge in [-0.25, -0.2) is 14.4 Å². The molecule has 1 aliphatic carbocycles. The first kappa shape index (κ1) is 54.6. The molecule has 6 fully saturated rings. The van der Waals surface area contributed by atoms with Crippen LogP contribution < -0.4 is 33.2 Å². The number of hydrogen-bond acceptors (Lipinski definition) is 16. The third-order valence-corrected chi connectivity index (χ3v) is 18.3. The largest absolute Gasteiger partial charge is 0.508 e. The van der Waals surface area contributed by atoms with Crippen molar-refractivity contribution in [3.8, 4) is 5.75 Å². The lowest BCUT2D eigenvalue weighted by molar-refractivity contribution is -0.161. The number of thioether (sulfide) groups is 3. The number of nitrogens with one attached hydrogen (secondary N) is 3. The molecule has 25 heteroatoms. The van der Waals surface area contributed by atoms with Gasteiger partial charge in [0.15, 0.2) is 0 Å². The third-order valence-electron chi connectivity index (χ3n) is 13.6. The molecule has 0 aromatic heterocycles. The molecule has 12 atom stereocenters. The van der Waals surface area contributed by atoms with Crippen LogP contribution in [-0.2, 0) is 43.2 Å². The standard InChI is InChI=1S/C16H19N3O5S.C16H21N3O4S.C16H19N3O4S/c1-16(2)11(15(23)24)19-13(22)10(14(19)25-16)18-12(21)9(17)7-3-5-8(20)6-4-7;2*1-16(2)11(15(22)23)19-13(21)10(14(19)24-16)18-12(20)9(17)8-6-4-3-5-7-8/h3-6,9-11,14,20H,17H2,1-2H3,(H,18,21)(H,23,24);3-4,7,9-11,14H,5-6,17H2,1-2H3,(H,18,20)(H,22,23);3-7,9-11,14H,17H2,1-2H3,(H,18,20)(H,22,23)/t3*9-,10-,11+,14-/m111/s1. The molecule has 22 nitrogen and oxygen atoms in total. The highest BCUT2D eigenvalue weighted by Gasteiger charge is 2.66. The summed E-state index contributed by atoms with van der Waals surface area (Å²) in [6, 6.07) is 7.20. The van der Waals surface area contributed by atoms with Gasteiger partial charge in [-0.2, -0.15) is 0 Å². The van der Waals surface area contributed by atoms with Crippen molar-refractivity contribution in [1.29, 1.82) is 0 Å².